The summed E-state index contributed by atoms with van der Waals surface area (Å²) in [6.45, 7) is 8.01. The number of hydrogen-bond acceptors (Lipinski definition) is 5. The summed E-state index contributed by atoms with van der Waals surface area (Å²) in [7, 11) is 0. The van der Waals surface area contributed by atoms with Gasteiger partial charge in [0, 0.05) is 44.8 Å². The third kappa shape index (κ3) is 8.95. The van der Waals surface area contributed by atoms with E-state index in [9.17, 15) is 19.2 Å². The molecule has 9 heteroatoms. The van der Waals surface area contributed by atoms with Gasteiger partial charge in [-0.05, 0) is 74.5 Å². The largest absolute Gasteiger partial charge is 0.346 e. The van der Waals surface area contributed by atoms with E-state index in [-0.39, 0.29) is 36.0 Å². The van der Waals surface area contributed by atoms with Gasteiger partial charge in [0.15, 0.2) is 0 Å². The number of amides is 4. The van der Waals surface area contributed by atoms with Crippen LogP contribution in [0.3, 0.4) is 0 Å². The number of nitrogens with zero attached hydrogens (tertiary/aromatic N) is 4. The number of carbonyl (C=O) groups is 4. The monoisotopic (exact) mass is 683 g/mol. The van der Waals surface area contributed by atoms with Crippen molar-refractivity contribution in [3.8, 4) is 0 Å². The number of rotatable bonds is 13. The van der Waals surface area contributed by atoms with Crippen molar-refractivity contribution in [3.05, 3.63) is 71.8 Å². The third-order valence-corrected chi connectivity index (χ3v) is 11.5. The summed E-state index contributed by atoms with van der Waals surface area (Å²) in [5, 5.41) is 2.80. The average Bonchev–Trinajstić information content (AvgIpc) is 3.38. The Balaban J connectivity index is 1.20. The van der Waals surface area contributed by atoms with Crippen molar-refractivity contribution in [2.75, 3.05) is 39.3 Å². The van der Waals surface area contributed by atoms with Crippen LogP contribution < -0.4 is 5.32 Å². The average molecular weight is 684 g/mol. The fourth-order valence-electron chi connectivity index (χ4n) is 8.93. The normalized spacial score (nSPS) is 24.9. The zero-order chi connectivity index (χ0) is 35.0. The van der Waals surface area contributed by atoms with E-state index in [0.29, 0.717) is 51.0 Å². The molecule has 0 bridgehead atoms. The first kappa shape index (κ1) is 36.1. The van der Waals surface area contributed by atoms with Crippen molar-refractivity contribution in [1.29, 1.82) is 0 Å². The lowest BCUT2D eigenvalue weighted by atomic mass is 9.94. The number of hydrogen-bond donors (Lipinski definition) is 1. The molecule has 4 atom stereocenters. The van der Waals surface area contributed by atoms with Gasteiger partial charge in [-0.2, -0.15) is 0 Å². The minimum atomic E-state index is -0.535. The molecule has 0 spiro atoms. The first-order valence-corrected chi connectivity index (χ1v) is 19.3. The fourth-order valence-corrected chi connectivity index (χ4v) is 8.93. The number of likely N-dealkylation sites (tertiary alicyclic amines) is 1. The Morgan fingerprint density at radius 1 is 0.680 bits per heavy atom. The molecule has 3 aliphatic heterocycles. The number of piperazine rings is 2. The topological polar surface area (TPSA) is 93.3 Å². The minimum absolute atomic E-state index is 0.0712. The smallest absolute Gasteiger partial charge is 0.312 e. The van der Waals surface area contributed by atoms with Gasteiger partial charge in [0.2, 0.25) is 0 Å². The van der Waals surface area contributed by atoms with E-state index in [2.05, 4.69) is 60.5 Å². The maximum absolute atomic E-state index is 14.2. The molecular weight excluding hydrogens is 626 g/mol. The minimum Gasteiger partial charge on any atom is -0.346 e. The Labute approximate surface area is 298 Å². The van der Waals surface area contributed by atoms with Crippen molar-refractivity contribution < 1.29 is 19.2 Å². The van der Waals surface area contributed by atoms with E-state index in [0.717, 1.165) is 50.6 Å². The lowest BCUT2D eigenvalue weighted by Crippen LogP contribution is -2.65. The molecular formula is C41H57N5O4. The number of nitrogens with one attached hydrogen (secondary N) is 1. The standard InChI is InChI=1S/C41H57N5O4/c1-30(2)22-36(27-43-21-13-20-34(43)28-45-35(25-42-38(47)39(45)48)23-31-14-9-5-10-15-31)46-29-37(24-32-16-11-6-12-17-32)44(40(49)41(46)50)26-33-18-7-3-4-8-19-33/h5-6,9-12,14-17,30,33-37H,3-4,7-8,13,18-29H2,1-2H3,(H,42,47)/t34-,35+,36+,37+/m1/s1. The lowest BCUT2D eigenvalue weighted by Gasteiger charge is -2.46. The van der Waals surface area contributed by atoms with E-state index in [1.165, 1.54) is 31.2 Å². The molecule has 1 N–H and O–H groups in total. The summed E-state index contributed by atoms with van der Waals surface area (Å²) < 4.78 is 0. The van der Waals surface area contributed by atoms with Crippen LogP contribution in [0, 0.1) is 11.8 Å². The fraction of sp³-hybridized carbons (Fsp3) is 0.610. The van der Waals surface area contributed by atoms with Crippen LogP contribution in [0.5, 0.6) is 0 Å². The molecule has 2 aromatic carbocycles. The highest BCUT2D eigenvalue weighted by Gasteiger charge is 2.44. The van der Waals surface area contributed by atoms with Crippen molar-refractivity contribution >= 4 is 23.6 Å². The van der Waals surface area contributed by atoms with Crippen molar-refractivity contribution in [2.45, 2.75) is 109 Å². The van der Waals surface area contributed by atoms with Crippen LogP contribution in [-0.2, 0) is 32.0 Å². The molecule has 1 saturated carbocycles. The molecule has 4 fully saturated rings. The van der Waals surface area contributed by atoms with E-state index in [1.807, 2.05) is 34.1 Å². The van der Waals surface area contributed by atoms with Gasteiger partial charge >= 0.3 is 23.6 Å². The highest BCUT2D eigenvalue weighted by atomic mass is 16.2. The maximum atomic E-state index is 14.2. The molecule has 50 heavy (non-hydrogen) atoms. The van der Waals surface area contributed by atoms with Crippen LogP contribution in [-0.4, -0.2) is 107 Å². The van der Waals surface area contributed by atoms with E-state index in [1.54, 1.807) is 4.90 Å². The molecule has 0 unspecified atom stereocenters. The predicted molar refractivity (Wildman–Crippen MR) is 195 cm³/mol. The van der Waals surface area contributed by atoms with Crippen LogP contribution in [0.15, 0.2) is 60.7 Å². The van der Waals surface area contributed by atoms with Gasteiger partial charge in [-0.25, -0.2) is 0 Å². The summed E-state index contributed by atoms with van der Waals surface area (Å²) >= 11 is 0. The van der Waals surface area contributed by atoms with Crippen molar-refractivity contribution in [2.24, 2.45) is 11.8 Å². The summed E-state index contributed by atoms with van der Waals surface area (Å²) in [6, 6.07) is 20.3. The second kappa shape index (κ2) is 17.0. The zero-order valence-corrected chi connectivity index (χ0v) is 30.2. The van der Waals surface area contributed by atoms with Crippen LogP contribution in [0.4, 0.5) is 0 Å². The zero-order valence-electron chi connectivity index (χ0n) is 30.2. The molecule has 3 saturated heterocycles. The molecule has 270 valence electrons. The second-order valence-electron chi connectivity index (χ2n) is 15.7. The highest BCUT2D eigenvalue weighted by Crippen LogP contribution is 2.30. The first-order chi connectivity index (χ1) is 24.3. The molecule has 1 aliphatic carbocycles. The van der Waals surface area contributed by atoms with E-state index in [4.69, 9.17) is 0 Å². The summed E-state index contributed by atoms with van der Waals surface area (Å²) in [6.07, 6.45) is 11.3. The van der Waals surface area contributed by atoms with Gasteiger partial charge in [-0.1, -0.05) is 100 Å². The van der Waals surface area contributed by atoms with Gasteiger partial charge in [-0.3, -0.25) is 24.1 Å². The Kier molecular flexibility index (Phi) is 12.3. The Bertz CT molecular complexity index is 1440. The Morgan fingerprint density at radius 2 is 1.30 bits per heavy atom. The second-order valence-corrected chi connectivity index (χ2v) is 15.7. The molecule has 4 aliphatic rings. The summed E-state index contributed by atoms with van der Waals surface area (Å²) in [5.41, 5.74) is 2.32. The Morgan fingerprint density at radius 3 is 1.94 bits per heavy atom. The van der Waals surface area contributed by atoms with E-state index < -0.39 is 11.8 Å². The highest BCUT2D eigenvalue weighted by molar-refractivity contribution is 6.36. The van der Waals surface area contributed by atoms with Crippen LogP contribution in [0.25, 0.3) is 0 Å². The summed E-state index contributed by atoms with van der Waals surface area (Å²) in [4.78, 5) is 62.2. The number of carbonyl (C=O) groups excluding carboxylic acids is 4. The van der Waals surface area contributed by atoms with Gasteiger partial charge < -0.3 is 20.0 Å². The molecule has 6 rings (SSSR count). The van der Waals surface area contributed by atoms with Crippen molar-refractivity contribution in [3.63, 3.8) is 0 Å². The van der Waals surface area contributed by atoms with Crippen LogP contribution in [0.2, 0.25) is 0 Å². The molecule has 0 radical (unpaired) electrons. The number of benzene rings is 2. The van der Waals surface area contributed by atoms with Gasteiger partial charge in [0.05, 0.1) is 12.1 Å². The Hall–Kier alpha value is -3.72. The molecule has 3 heterocycles. The van der Waals surface area contributed by atoms with Crippen LogP contribution in [0.1, 0.15) is 82.8 Å². The quantitative estimate of drug-likeness (QED) is 0.245. The molecule has 2 aromatic rings. The van der Waals surface area contributed by atoms with E-state index >= 15 is 0 Å². The molecule has 9 nitrogen and oxygen atoms in total. The van der Waals surface area contributed by atoms with Crippen LogP contribution >= 0.6 is 0 Å². The molecule has 4 amide bonds. The summed E-state index contributed by atoms with van der Waals surface area (Å²) in [5.74, 6) is -0.926. The van der Waals surface area contributed by atoms with Gasteiger partial charge in [-0.15, -0.1) is 0 Å². The lowest BCUT2D eigenvalue weighted by molar-refractivity contribution is -0.162. The predicted octanol–water partition coefficient (Wildman–Crippen LogP) is 4.69. The van der Waals surface area contributed by atoms with Crippen molar-refractivity contribution in [1.82, 2.24) is 24.9 Å². The third-order valence-electron chi connectivity index (χ3n) is 11.5. The van der Waals surface area contributed by atoms with Gasteiger partial charge in [0.25, 0.3) is 0 Å². The maximum Gasteiger partial charge on any atom is 0.312 e. The first-order valence-electron chi connectivity index (χ1n) is 19.3. The van der Waals surface area contributed by atoms with Gasteiger partial charge in [0.1, 0.15) is 0 Å². The SMILES string of the molecule is CC(C)C[C@@H](CN1CCC[C@@H]1CN1C(=O)C(=O)NC[C@@H]1Cc1ccccc1)N1C[C@H](Cc2ccccc2)N(CC2CCCCCC2)C(=O)C1=O. The molecule has 0 aromatic heterocycles.